The highest BCUT2D eigenvalue weighted by Crippen LogP contribution is 2.29. The molecule has 0 spiro atoms. The van der Waals surface area contributed by atoms with Crippen molar-refractivity contribution >= 4 is 17.5 Å². The molecule has 0 radical (unpaired) electrons. The van der Waals surface area contributed by atoms with Gasteiger partial charge >= 0.3 is 5.69 Å². The Hall–Kier alpha value is -1.92. The Kier molecular flexibility index (Phi) is 4.82. The summed E-state index contributed by atoms with van der Waals surface area (Å²) in [5, 5.41) is 14.1. The topological polar surface area (TPSA) is 84.2 Å². The Morgan fingerprint density at radius 2 is 2.06 bits per heavy atom. The summed E-state index contributed by atoms with van der Waals surface area (Å²) in [6.07, 6.45) is 0.896. The Bertz CT molecular complexity index is 436. The lowest BCUT2D eigenvalue weighted by Crippen LogP contribution is -2.22. The lowest BCUT2D eigenvalue weighted by Gasteiger charge is -2.18. The molecule has 18 heavy (non-hydrogen) atoms. The number of aromatic nitrogens is 2. The zero-order chi connectivity index (χ0) is 13.7. The number of rotatable bonds is 6. The number of nitro groups is 1. The molecule has 7 nitrogen and oxygen atoms in total. The fourth-order valence-electron chi connectivity index (χ4n) is 1.71. The number of hydrogen-bond acceptors (Lipinski definition) is 6. The molecule has 0 unspecified atom stereocenters. The number of nitrogens with zero attached hydrogens (tertiary/aromatic N) is 4. The van der Waals surface area contributed by atoms with Crippen LogP contribution >= 0.6 is 0 Å². The van der Waals surface area contributed by atoms with Crippen LogP contribution in [-0.4, -0.2) is 35.0 Å². The number of anilines is 2. The smallest absolute Gasteiger partial charge is 0.332 e. The summed E-state index contributed by atoms with van der Waals surface area (Å²) in [6, 6.07) is 0. The third kappa shape index (κ3) is 3.06. The second kappa shape index (κ2) is 6.13. The van der Waals surface area contributed by atoms with Crippen LogP contribution in [0.5, 0.6) is 0 Å². The van der Waals surface area contributed by atoms with Crippen molar-refractivity contribution in [2.75, 3.05) is 30.4 Å². The average molecular weight is 253 g/mol. The van der Waals surface area contributed by atoms with Crippen LogP contribution in [0.4, 0.5) is 17.5 Å². The van der Waals surface area contributed by atoms with Gasteiger partial charge < -0.3 is 10.2 Å². The third-order valence-electron chi connectivity index (χ3n) is 2.48. The maximum Gasteiger partial charge on any atom is 0.332 e. The summed E-state index contributed by atoms with van der Waals surface area (Å²) in [7, 11) is 1.80. The molecule has 0 aromatic carbocycles. The van der Waals surface area contributed by atoms with Gasteiger partial charge in [-0.25, -0.2) is 4.98 Å². The maximum absolute atomic E-state index is 11.1. The highest BCUT2D eigenvalue weighted by Gasteiger charge is 2.24. The molecule has 1 aromatic rings. The fourth-order valence-corrected chi connectivity index (χ4v) is 1.71. The first-order valence-electron chi connectivity index (χ1n) is 5.99. The molecule has 1 rings (SSSR count). The molecule has 0 aliphatic carbocycles. The van der Waals surface area contributed by atoms with Crippen LogP contribution < -0.4 is 10.2 Å². The molecular formula is C11H19N5O2. The van der Waals surface area contributed by atoms with E-state index >= 15 is 0 Å². The predicted molar refractivity (Wildman–Crippen MR) is 71.1 cm³/mol. The molecule has 0 saturated heterocycles. The van der Waals surface area contributed by atoms with Gasteiger partial charge in [-0.2, -0.15) is 4.98 Å². The molecule has 1 N–H and O–H groups in total. The standard InChI is InChI=1S/C11H19N5O2/c1-5-7-15(4)10-9(16(17)18)8(3)13-11(14-10)12-6-2/h5-7H2,1-4H3,(H,12,13,14). The van der Waals surface area contributed by atoms with Gasteiger partial charge in [0.25, 0.3) is 0 Å². The Morgan fingerprint density at radius 3 is 2.56 bits per heavy atom. The molecule has 7 heteroatoms. The van der Waals surface area contributed by atoms with Crippen LogP contribution in [0.3, 0.4) is 0 Å². The van der Waals surface area contributed by atoms with Gasteiger partial charge in [-0.15, -0.1) is 0 Å². The zero-order valence-electron chi connectivity index (χ0n) is 11.2. The van der Waals surface area contributed by atoms with E-state index in [-0.39, 0.29) is 5.69 Å². The lowest BCUT2D eigenvalue weighted by atomic mass is 10.3. The molecule has 0 saturated carbocycles. The van der Waals surface area contributed by atoms with Gasteiger partial charge in [0.05, 0.1) is 4.92 Å². The molecule has 0 bridgehead atoms. The van der Waals surface area contributed by atoms with Crippen molar-refractivity contribution in [3.63, 3.8) is 0 Å². The second-order valence-electron chi connectivity index (χ2n) is 4.01. The summed E-state index contributed by atoms with van der Waals surface area (Å²) in [5.41, 5.74) is 0.358. The van der Waals surface area contributed by atoms with E-state index in [9.17, 15) is 10.1 Å². The Labute approximate surface area is 106 Å². The van der Waals surface area contributed by atoms with Crippen molar-refractivity contribution in [3.05, 3.63) is 15.8 Å². The minimum atomic E-state index is -0.424. The van der Waals surface area contributed by atoms with Crippen LogP contribution in [0.2, 0.25) is 0 Å². The van der Waals surface area contributed by atoms with Gasteiger partial charge in [0, 0.05) is 20.1 Å². The fraction of sp³-hybridized carbons (Fsp3) is 0.636. The van der Waals surface area contributed by atoms with Crippen LogP contribution in [0.1, 0.15) is 26.0 Å². The van der Waals surface area contributed by atoms with Crippen LogP contribution in [0, 0.1) is 17.0 Å². The Balaban J connectivity index is 3.28. The van der Waals surface area contributed by atoms with Crippen molar-refractivity contribution < 1.29 is 4.92 Å². The van der Waals surface area contributed by atoms with Gasteiger partial charge in [-0.05, 0) is 20.3 Å². The average Bonchev–Trinajstić information content (AvgIpc) is 2.28. The second-order valence-corrected chi connectivity index (χ2v) is 4.01. The van der Waals surface area contributed by atoms with Crippen molar-refractivity contribution in [2.24, 2.45) is 0 Å². The highest BCUT2D eigenvalue weighted by atomic mass is 16.6. The van der Waals surface area contributed by atoms with Crippen molar-refractivity contribution in [3.8, 4) is 0 Å². The van der Waals surface area contributed by atoms with Crippen LogP contribution in [-0.2, 0) is 0 Å². The summed E-state index contributed by atoms with van der Waals surface area (Å²) < 4.78 is 0. The number of hydrogen-bond donors (Lipinski definition) is 1. The lowest BCUT2D eigenvalue weighted by molar-refractivity contribution is -0.385. The molecule has 0 aliphatic rings. The third-order valence-corrected chi connectivity index (χ3v) is 2.48. The van der Waals surface area contributed by atoms with Crippen molar-refractivity contribution in [1.82, 2.24) is 9.97 Å². The van der Waals surface area contributed by atoms with Gasteiger partial charge in [0.1, 0.15) is 5.69 Å². The van der Waals surface area contributed by atoms with E-state index in [1.165, 1.54) is 0 Å². The molecule has 1 aromatic heterocycles. The molecule has 0 aliphatic heterocycles. The SMILES string of the molecule is CCCN(C)c1nc(NCC)nc(C)c1[N+](=O)[O-]. The van der Waals surface area contributed by atoms with Crippen molar-refractivity contribution in [2.45, 2.75) is 27.2 Å². The first-order chi connectivity index (χ1) is 8.51. The molecule has 0 amide bonds. The zero-order valence-corrected chi connectivity index (χ0v) is 11.2. The van der Waals surface area contributed by atoms with Gasteiger partial charge in [0.2, 0.25) is 11.8 Å². The van der Waals surface area contributed by atoms with Crippen LogP contribution in [0.15, 0.2) is 0 Å². The summed E-state index contributed by atoms with van der Waals surface area (Å²) >= 11 is 0. The maximum atomic E-state index is 11.1. The minimum absolute atomic E-state index is 0.0207. The van der Waals surface area contributed by atoms with Gasteiger partial charge in [-0.3, -0.25) is 10.1 Å². The Morgan fingerprint density at radius 1 is 1.39 bits per heavy atom. The minimum Gasteiger partial charge on any atom is -0.354 e. The monoisotopic (exact) mass is 253 g/mol. The number of nitrogens with one attached hydrogen (secondary N) is 1. The molecule has 0 fully saturated rings. The summed E-state index contributed by atoms with van der Waals surface area (Å²) in [6.45, 7) is 6.96. The first-order valence-corrected chi connectivity index (χ1v) is 5.99. The molecule has 1 heterocycles. The van der Waals surface area contributed by atoms with Gasteiger partial charge in [0.15, 0.2) is 0 Å². The van der Waals surface area contributed by atoms with E-state index in [2.05, 4.69) is 15.3 Å². The van der Waals surface area contributed by atoms with Crippen LogP contribution in [0.25, 0.3) is 0 Å². The summed E-state index contributed by atoms with van der Waals surface area (Å²) in [4.78, 5) is 20.8. The molecular weight excluding hydrogens is 234 g/mol. The van der Waals surface area contributed by atoms with E-state index in [1.807, 2.05) is 13.8 Å². The largest absolute Gasteiger partial charge is 0.354 e. The van der Waals surface area contributed by atoms with E-state index in [1.54, 1.807) is 18.9 Å². The molecule has 0 atom stereocenters. The predicted octanol–water partition coefficient (Wildman–Crippen LogP) is 1.97. The number of aryl methyl sites for hydroxylation is 1. The quantitative estimate of drug-likeness (QED) is 0.616. The normalized spacial score (nSPS) is 10.2. The highest BCUT2D eigenvalue weighted by molar-refractivity contribution is 5.62. The first kappa shape index (κ1) is 14.1. The molecule has 100 valence electrons. The van der Waals surface area contributed by atoms with Gasteiger partial charge in [-0.1, -0.05) is 6.92 Å². The van der Waals surface area contributed by atoms with E-state index in [4.69, 9.17) is 0 Å². The van der Waals surface area contributed by atoms with Crippen molar-refractivity contribution in [1.29, 1.82) is 0 Å². The van der Waals surface area contributed by atoms with E-state index in [0.717, 1.165) is 6.42 Å². The van der Waals surface area contributed by atoms with E-state index < -0.39 is 4.92 Å². The summed E-state index contributed by atoms with van der Waals surface area (Å²) in [5.74, 6) is 0.795. The van der Waals surface area contributed by atoms with E-state index in [0.29, 0.717) is 30.5 Å².